The van der Waals surface area contributed by atoms with Gasteiger partial charge in [0.15, 0.2) is 11.5 Å². The van der Waals surface area contributed by atoms with Gasteiger partial charge >= 0.3 is 0 Å². The number of methoxy groups -OCH3 is 1. The van der Waals surface area contributed by atoms with E-state index in [1.54, 1.807) is 19.2 Å². The third kappa shape index (κ3) is 4.17. The Kier molecular flexibility index (Phi) is 5.67. The number of phenolic OH excluding ortho intramolecular Hbond substituents is 1. The molecule has 96 valence electrons. The van der Waals surface area contributed by atoms with Gasteiger partial charge in [0.2, 0.25) is 0 Å². The fourth-order valence-electron chi connectivity index (χ4n) is 2.00. The number of ether oxygens (including phenoxy) is 1. The molecule has 0 fully saturated rings. The van der Waals surface area contributed by atoms with Crippen molar-refractivity contribution >= 4 is 5.69 Å². The van der Waals surface area contributed by atoms with E-state index in [9.17, 15) is 5.11 Å². The summed E-state index contributed by atoms with van der Waals surface area (Å²) in [6, 6.07) is 5.93. The molecular weight excluding hydrogens is 214 g/mol. The average molecular weight is 237 g/mol. The summed E-state index contributed by atoms with van der Waals surface area (Å²) in [5.41, 5.74) is 0.954. The predicted molar refractivity (Wildman–Crippen MR) is 71.9 cm³/mol. The number of phenols is 1. The second-order valence-corrected chi connectivity index (χ2v) is 4.31. The van der Waals surface area contributed by atoms with Crippen LogP contribution in [0.25, 0.3) is 0 Å². The van der Waals surface area contributed by atoms with Crippen molar-refractivity contribution < 1.29 is 9.84 Å². The minimum Gasteiger partial charge on any atom is -0.504 e. The molecule has 0 amide bonds. The summed E-state index contributed by atoms with van der Waals surface area (Å²) < 4.78 is 5.02. The highest BCUT2D eigenvalue weighted by Crippen LogP contribution is 2.29. The number of hydrogen-bond acceptors (Lipinski definition) is 3. The van der Waals surface area contributed by atoms with Gasteiger partial charge in [-0.25, -0.2) is 0 Å². The van der Waals surface area contributed by atoms with E-state index in [-0.39, 0.29) is 5.75 Å². The van der Waals surface area contributed by atoms with Crippen LogP contribution in [-0.4, -0.2) is 18.3 Å². The molecule has 0 bridgehead atoms. The first-order valence-corrected chi connectivity index (χ1v) is 6.34. The van der Waals surface area contributed by atoms with Crippen LogP contribution in [0.4, 0.5) is 5.69 Å². The lowest BCUT2D eigenvalue weighted by Gasteiger charge is -2.19. The number of hydrogen-bond donors (Lipinski definition) is 2. The molecule has 0 aliphatic rings. The maximum Gasteiger partial charge on any atom is 0.160 e. The lowest BCUT2D eigenvalue weighted by Crippen LogP contribution is -2.18. The molecule has 0 aromatic heterocycles. The standard InChI is InChI=1S/C14H23NO2/c1-4-6-11(7-5-2)15-12-8-9-14(17-3)13(16)10-12/h8-11,15-16H,4-7H2,1-3H3. The van der Waals surface area contributed by atoms with E-state index in [1.165, 1.54) is 12.8 Å². The number of nitrogens with one attached hydrogen (secondary N) is 1. The lowest BCUT2D eigenvalue weighted by molar-refractivity contribution is 0.373. The highest BCUT2D eigenvalue weighted by atomic mass is 16.5. The Morgan fingerprint density at radius 3 is 2.35 bits per heavy atom. The van der Waals surface area contributed by atoms with Crippen LogP contribution in [0, 0.1) is 0 Å². The van der Waals surface area contributed by atoms with E-state index in [0.717, 1.165) is 18.5 Å². The number of aromatic hydroxyl groups is 1. The topological polar surface area (TPSA) is 41.5 Å². The molecule has 1 aromatic carbocycles. The molecule has 1 rings (SSSR count). The fraction of sp³-hybridized carbons (Fsp3) is 0.571. The molecule has 3 heteroatoms. The molecule has 1 aromatic rings. The van der Waals surface area contributed by atoms with Gasteiger partial charge in [-0.3, -0.25) is 0 Å². The molecule has 2 N–H and O–H groups in total. The highest BCUT2D eigenvalue weighted by molar-refractivity contribution is 5.54. The predicted octanol–water partition coefficient (Wildman–Crippen LogP) is 3.78. The summed E-state index contributed by atoms with van der Waals surface area (Å²) >= 11 is 0. The smallest absolute Gasteiger partial charge is 0.160 e. The third-order valence-corrected chi connectivity index (χ3v) is 2.82. The van der Waals surface area contributed by atoms with Crippen molar-refractivity contribution in [3.63, 3.8) is 0 Å². The molecular formula is C14H23NO2. The zero-order valence-corrected chi connectivity index (χ0v) is 11.0. The van der Waals surface area contributed by atoms with Crippen LogP contribution in [0.1, 0.15) is 39.5 Å². The summed E-state index contributed by atoms with van der Waals surface area (Å²) in [7, 11) is 1.55. The summed E-state index contributed by atoms with van der Waals surface area (Å²) in [5.74, 6) is 0.697. The number of benzene rings is 1. The van der Waals surface area contributed by atoms with Gasteiger partial charge in [-0.1, -0.05) is 26.7 Å². The Bertz CT molecular complexity index is 333. The van der Waals surface area contributed by atoms with E-state index < -0.39 is 0 Å². The largest absolute Gasteiger partial charge is 0.504 e. The maximum absolute atomic E-state index is 9.70. The molecule has 0 aliphatic heterocycles. The summed E-state index contributed by atoms with van der Waals surface area (Å²) in [4.78, 5) is 0. The zero-order valence-electron chi connectivity index (χ0n) is 11.0. The van der Waals surface area contributed by atoms with Gasteiger partial charge in [-0.15, -0.1) is 0 Å². The number of rotatable bonds is 7. The maximum atomic E-state index is 9.70. The van der Waals surface area contributed by atoms with Crippen molar-refractivity contribution in [1.29, 1.82) is 0 Å². The molecule has 0 radical (unpaired) electrons. The van der Waals surface area contributed by atoms with E-state index in [4.69, 9.17) is 4.74 Å². The first-order chi connectivity index (χ1) is 8.21. The van der Waals surface area contributed by atoms with Gasteiger partial charge in [0.25, 0.3) is 0 Å². The van der Waals surface area contributed by atoms with Crippen LogP contribution >= 0.6 is 0 Å². The molecule has 3 nitrogen and oxygen atoms in total. The van der Waals surface area contributed by atoms with Gasteiger partial charge in [0, 0.05) is 17.8 Å². The first-order valence-electron chi connectivity index (χ1n) is 6.34. The first kappa shape index (κ1) is 13.7. The number of anilines is 1. The minimum atomic E-state index is 0.184. The van der Waals surface area contributed by atoms with E-state index in [2.05, 4.69) is 19.2 Å². The quantitative estimate of drug-likeness (QED) is 0.758. The van der Waals surface area contributed by atoms with Crippen molar-refractivity contribution in [3.8, 4) is 11.5 Å². The van der Waals surface area contributed by atoms with Crippen molar-refractivity contribution in [2.24, 2.45) is 0 Å². The normalized spacial score (nSPS) is 10.6. The molecule has 0 saturated heterocycles. The SMILES string of the molecule is CCCC(CCC)Nc1ccc(OC)c(O)c1. The van der Waals surface area contributed by atoms with Crippen molar-refractivity contribution in [1.82, 2.24) is 0 Å². The van der Waals surface area contributed by atoms with Crippen molar-refractivity contribution in [2.45, 2.75) is 45.6 Å². The van der Waals surface area contributed by atoms with Crippen molar-refractivity contribution in [3.05, 3.63) is 18.2 Å². The Balaban J connectivity index is 2.68. The molecule has 0 heterocycles. The minimum absolute atomic E-state index is 0.184. The Morgan fingerprint density at radius 2 is 1.88 bits per heavy atom. The van der Waals surface area contributed by atoms with Gasteiger partial charge in [-0.2, -0.15) is 0 Å². The van der Waals surface area contributed by atoms with Crippen LogP contribution < -0.4 is 10.1 Å². The summed E-state index contributed by atoms with van der Waals surface area (Å²) in [6.07, 6.45) is 4.64. The molecule has 17 heavy (non-hydrogen) atoms. The van der Waals surface area contributed by atoms with E-state index in [1.807, 2.05) is 6.07 Å². The summed E-state index contributed by atoms with van der Waals surface area (Å²) in [5, 5.41) is 13.2. The second kappa shape index (κ2) is 7.05. The monoisotopic (exact) mass is 237 g/mol. The average Bonchev–Trinajstić information content (AvgIpc) is 2.30. The Hall–Kier alpha value is -1.38. The third-order valence-electron chi connectivity index (χ3n) is 2.82. The van der Waals surface area contributed by atoms with Crippen LogP contribution in [0.2, 0.25) is 0 Å². The fourth-order valence-corrected chi connectivity index (χ4v) is 2.00. The molecule has 0 spiro atoms. The molecule has 0 atom stereocenters. The van der Waals surface area contributed by atoms with Crippen LogP contribution in [0.3, 0.4) is 0 Å². The van der Waals surface area contributed by atoms with E-state index in [0.29, 0.717) is 11.8 Å². The zero-order chi connectivity index (χ0) is 12.7. The van der Waals surface area contributed by atoms with Gasteiger partial charge in [-0.05, 0) is 25.0 Å². The molecule has 0 unspecified atom stereocenters. The van der Waals surface area contributed by atoms with Crippen LogP contribution in [0.15, 0.2) is 18.2 Å². The van der Waals surface area contributed by atoms with Crippen molar-refractivity contribution in [2.75, 3.05) is 12.4 Å². The van der Waals surface area contributed by atoms with Gasteiger partial charge in [0.1, 0.15) is 0 Å². The van der Waals surface area contributed by atoms with Crippen LogP contribution in [-0.2, 0) is 0 Å². The lowest BCUT2D eigenvalue weighted by atomic mass is 10.1. The second-order valence-electron chi connectivity index (χ2n) is 4.31. The van der Waals surface area contributed by atoms with Gasteiger partial charge in [0.05, 0.1) is 7.11 Å². The summed E-state index contributed by atoms with van der Waals surface area (Å²) in [6.45, 7) is 4.38. The molecule has 0 saturated carbocycles. The van der Waals surface area contributed by atoms with E-state index >= 15 is 0 Å². The van der Waals surface area contributed by atoms with Crippen LogP contribution in [0.5, 0.6) is 11.5 Å². The Labute approximate surface area is 104 Å². The highest BCUT2D eigenvalue weighted by Gasteiger charge is 2.08. The van der Waals surface area contributed by atoms with Gasteiger partial charge < -0.3 is 15.2 Å². The Morgan fingerprint density at radius 1 is 1.24 bits per heavy atom. The molecule has 0 aliphatic carbocycles.